The molecule has 1 saturated heterocycles. The molecule has 0 radical (unpaired) electrons. The van der Waals surface area contributed by atoms with Gasteiger partial charge in [0.05, 0.1) is 12.0 Å². The summed E-state index contributed by atoms with van der Waals surface area (Å²) in [7, 11) is -1.87. The summed E-state index contributed by atoms with van der Waals surface area (Å²) in [5.41, 5.74) is 7.30. The van der Waals surface area contributed by atoms with E-state index in [4.69, 9.17) is 10.5 Å². The van der Waals surface area contributed by atoms with Crippen molar-refractivity contribution in [1.82, 2.24) is 4.31 Å². The van der Waals surface area contributed by atoms with Crippen LogP contribution in [0.2, 0.25) is 0 Å². The van der Waals surface area contributed by atoms with E-state index in [1.165, 1.54) is 4.31 Å². The summed E-state index contributed by atoms with van der Waals surface area (Å²) in [5.74, 6) is 0.703. The topological polar surface area (TPSA) is 72.6 Å². The molecule has 5 nitrogen and oxygen atoms in total. The summed E-state index contributed by atoms with van der Waals surface area (Å²) in [4.78, 5) is 0.347. The summed E-state index contributed by atoms with van der Waals surface area (Å²) in [6.45, 7) is 4.51. The van der Waals surface area contributed by atoms with Gasteiger partial charge in [-0.05, 0) is 43.5 Å². The first kappa shape index (κ1) is 14.3. The second-order valence-corrected chi connectivity index (χ2v) is 6.91. The lowest BCUT2D eigenvalue weighted by Gasteiger charge is -2.18. The minimum atomic E-state index is -3.45. The van der Waals surface area contributed by atoms with E-state index in [0.29, 0.717) is 35.7 Å². The van der Waals surface area contributed by atoms with Crippen molar-refractivity contribution in [3.63, 3.8) is 0 Å². The molecule has 0 amide bonds. The number of methoxy groups -OCH3 is 1. The molecule has 1 aromatic rings. The highest BCUT2D eigenvalue weighted by atomic mass is 32.2. The number of nitrogens with zero attached hydrogens (tertiary/aromatic N) is 1. The highest BCUT2D eigenvalue weighted by Crippen LogP contribution is 2.29. The van der Waals surface area contributed by atoms with Gasteiger partial charge in [0, 0.05) is 19.1 Å². The zero-order chi connectivity index (χ0) is 14.2. The highest BCUT2D eigenvalue weighted by molar-refractivity contribution is 7.89. The van der Waals surface area contributed by atoms with Gasteiger partial charge in [-0.15, -0.1) is 0 Å². The summed E-state index contributed by atoms with van der Waals surface area (Å²) in [5, 5.41) is 0. The third-order valence-electron chi connectivity index (χ3n) is 3.50. The van der Waals surface area contributed by atoms with Gasteiger partial charge in [-0.1, -0.05) is 0 Å². The van der Waals surface area contributed by atoms with E-state index in [-0.39, 0.29) is 6.04 Å². The minimum absolute atomic E-state index is 0.0607. The molecule has 106 valence electrons. The largest absolute Gasteiger partial charge is 0.496 e. The van der Waals surface area contributed by atoms with E-state index >= 15 is 0 Å². The van der Waals surface area contributed by atoms with Gasteiger partial charge in [0.25, 0.3) is 0 Å². The number of hydrogen-bond donors (Lipinski definition) is 1. The first-order valence-corrected chi connectivity index (χ1v) is 7.71. The van der Waals surface area contributed by atoms with Crippen molar-refractivity contribution < 1.29 is 13.2 Å². The van der Waals surface area contributed by atoms with Gasteiger partial charge >= 0.3 is 0 Å². The van der Waals surface area contributed by atoms with E-state index < -0.39 is 10.0 Å². The van der Waals surface area contributed by atoms with Crippen LogP contribution in [0.4, 0.5) is 0 Å². The van der Waals surface area contributed by atoms with Gasteiger partial charge in [-0.25, -0.2) is 8.42 Å². The molecule has 0 aliphatic carbocycles. The molecule has 1 aromatic carbocycles. The summed E-state index contributed by atoms with van der Waals surface area (Å²) in [6.07, 6.45) is 0.716. The van der Waals surface area contributed by atoms with Gasteiger partial charge in [-0.2, -0.15) is 4.31 Å². The van der Waals surface area contributed by atoms with Gasteiger partial charge in [0.2, 0.25) is 10.0 Å². The van der Waals surface area contributed by atoms with E-state index in [1.807, 2.05) is 6.92 Å². The van der Waals surface area contributed by atoms with Crippen molar-refractivity contribution in [2.24, 2.45) is 5.73 Å². The van der Waals surface area contributed by atoms with Gasteiger partial charge in [0.15, 0.2) is 0 Å². The number of nitrogens with two attached hydrogens (primary N) is 1. The molecule has 0 spiro atoms. The second-order valence-electron chi connectivity index (χ2n) is 5.00. The Bertz CT molecular complexity index is 584. The Hall–Kier alpha value is -1.11. The average molecular weight is 284 g/mol. The third kappa shape index (κ3) is 2.61. The Labute approximate surface area is 114 Å². The Morgan fingerprint density at radius 1 is 1.32 bits per heavy atom. The number of ether oxygens (including phenoxy) is 1. The van der Waals surface area contributed by atoms with Gasteiger partial charge in [-0.3, -0.25) is 0 Å². The Morgan fingerprint density at radius 2 is 2.00 bits per heavy atom. The summed E-state index contributed by atoms with van der Waals surface area (Å²) >= 11 is 0. The number of rotatable bonds is 3. The standard InChI is InChI=1S/C13H20N2O3S/c1-9-7-13(10(2)6-12(9)18-3)19(16,17)15-5-4-11(14)8-15/h6-7,11H,4-5,8,14H2,1-3H3/t11-/m0/s1. The Balaban J connectivity index is 2.44. The fourth-order valence-corrected chi connectivity index (χ4v) is 4.18. The van der Waals surface area contributed by atoms with Crippen LogP contribution in [0.1, 0.15) is 17.5 Å². The second kappa shape index (κ2) is 5.11. The fourth-order valence-electron chi connectivity index (χ4n) is 2.37. The van der Waals surface area contributed by atoms with Crippen LogP contribution in [0.5, 0.6) is 5.75 Å². The molecule has 2 rings (SSSR count). The van der Waals surface area contributed by atoms with Crippen LogP contribution >= 0.6 is 0 Å². The molecule has 1 aliphatic rings. The molecule has 0 saturated carbocycles. The maximum absolute atomic E-state index is 12.6. The molecule has 0 aromatic heterocycles. The van der Waals surface area contributed by atoms with Crippen molar-refractivity contribution in [1.29, 1.82) is 0 Å². The lowest BCUT2D eigenvalue weighted by molar-refractivity contribution is 0.410. The predicted molar refractivity (Wildman–Crippen MR) is 73.8 cm³/mol. The number of benzene rings is 1. The van der Waals surface area contributed by atoms with Crippen molar-refractivity contribution >= 4 is 10.0 Å². The third-order valence-corrected chi connectivity index (χ3v) is 5.50. The molecule has 0 unspecified atom stereocenters. The van der Waals surface area contributed by atoms with Crippen LogP contribution in [-0.4, -0.2) is 39.0 Å². The molecular formula is C13H20N2O3S. The maximum atomic E-state index is 12.6. The normalized spacial score (nSPS) is 20.7. The first-order valence-electron chi connectivity index (χ1n) is 6.27. The lowest BCUT2D eigenvalue weighted by Crippen LogP contribution is -2.32. The monoisotopic (exact) mass is 284 g/mol. The van der Waals surface area contributed by atoms with Gasteiger partial charge < -0.3 is 10.5 Å². The molecular weight excluding hydrogens is 264 g/mol. The van der Waals surface area contributed by atoms with E-state index in [2.05, 4.69) is 0 Å². The molecule has 1 atom stereocenters. The summed E-state index contributed by atoms with van der Waals surface area (Å²) < 4.78 is 31.8. The fraction of sp³-hybridized carbons (Fsp3) is 0.538. The average Bonchev–Trinajstić information content (AvgIpc) is 2.79. The van der Waals surface area contributed by atoms with Crippen molar-refractivity contribution in [3.05, 3.63) is 23.3 Å². The SMILES string of the molecule is COc1cc(C)c(S(=O)(=O)N2CC[C@H](N)C2)cc1C. The molecule has 6 heteroatoms. The number of sulfonamides is 1. The number of hydrogen-bond acceptors (Lipinski definition) is 4. The molecule has 1 heterocycles. The Kier molecular flexibility index (Phi) is 3.85. The van der Waals surface area contributed by atoms with Crippen molar-refractivity contribution in [3.8, 4) is 5.75 Å². The molecule has 1 aliphatic heterocycles. The summed E-state index contributed by atoms with van der Waals surface area (Å²) in [6, 6.07) is 3.38. The van der Waals surface area contributed by atoms with Crippen LogP contribution in [0.15, 0.2) is 17.0 Å². The Morgan fingerprint density at radius 3 is 2.53 bits per heavy atom. The predicted octanol–water partition coefficient (Wildman–Crippen LogP) is 1.03. The maximum Gasteiger partial charge on any atom is 0.243 e. The number of aryl methyl sites for hydroxylation is 2. The smallest absolute Gasteiger partial charge is 0.243 e. The highest BCUT2D eigenvalue weighted by Gasteiger charge is 2.32. The van der Waals surface area contributed by atoms with Crippen LogP contribution in [0, 0.1) is 13.8 Å². The van der Waals surface area contributed by atoms with Gasteiger partial charge in [0.1, 0.15) is 5.75 Å². The molecule has 0 bridgehead atoms. The van der Waals surface area contributed by atoms with E-state index in [9.17, 15) is 8.42 Å². The zero-order valence-corrected chi connectivity index (χ0v) is 12.3. The molecule has 1 fully saturated rings. The lowest BCUT2D eigenvalue weighted by atomic mass is 10.1. The first-order chi connectivity index (χ1) is 8.86. The minimum Gasteiger partial charge on any atom is -0.496 e. The zero-order valence-electron chi connectivity index (χ0n) is 11.5. The quantitative estimate of drug-likeness (QED) is 0.900. The van der Waals surface area contributed by atoms with Crippen LogP contribution < -0.4 is 10.5 Å². The van der Waals surface area contributed by atoms with Crippen molar-refractivity contribution in [2.45, 2.75) is 31.2 Å². The van der Waals surface area contributed by atoms with E-state index in [1.54, 1.807) is 26.2 Å². The van der Waals surface area contributed by atoms with Crippen LogP contribution in [0.25, 0.3) is 0 Å². The molecule has 19 heavy (non-hydrogen) atoms. The van der Waals surface area contributed by atoms with Crippen molar-refractivity contribution in [2.75, 3.05) is 20.2 Å². The van der Waals surface area contributed by atoms with Crippen LogP contribution in [-0.2, 0) is 10.0 Å². The van der Waals surface area contributed by atoms with Crippen LogP contribution in [0.3, 0.4) is 0 Å². The van der Waals surface area contributed by atoms with E-state index in [0.717, 1.165) is 5.56 Å². The molecule has 2 N–H and O–H groups in total.